The van der Waals surface area contributed by atoms with Crippen molar-refractivity contribution in [3.05, 3.63) is 0 Å². The highest BCUT2D eigenvalue weighted by atomic mass is 32.2. The van der Waals surface area contributed by atoms with Gasteiger partial charge in [0.05, 0.1) is 12.1 Å². The molecule has 3 amide bonds. The number of carboxylic acid groups (broad SMARTS) is 2. The van der Waals surface area contributed by atoms with Crippen molar-refractivity contribution in [1.82, 2.24) is 16.0 Å². The number of rotatable bonds is 16. The molecule has 0 bridgehead atoms. The number of aliphatic carboxylic acids is 2. The molecule has 0 rings (SSSR count). The largest absolute Gasteiger partial charge is 0.481 e. The van der Waals surface area contributed by atoms with Crippen LogP contribution in [0.3, 0.4) is 0 Å². The summed E-state index contributed by atoms with van der Waals surface area (Å²) in [6, 6.07) is -5.01. The second kappa shape index (κ2) is 15.5. The molecular weight excluding hydrogens is 456 g/mol. The topological polar surface area (TPSA) is 208 Å². The van der Waals surface area contributed by atoms with Gasteiger partial charge in [0.25, 0.3) is 0 Å². The number of carbonyl (C=O) groups is 5. The summed E-state index contributed by atoms with van der Waals surface area (Å²) in [6.45, 7) is 4.63. The molecule has 6 unspecified atom stereocenters. The third kappa shape index (κ3) is 11.3. The molecule has 0 radical (unpaired) electrons. The fourth-order valence-corrected chi connectivity index (χ4v) is 3.27. The second-order valence-electron chi connectivity index (χ2n) is 7.82. The number of aliphatic hydroxyl groups is 1. The Morgan fingerprint density at radius 1 is 0.909 bits per heavy atom. The lowest BCUT2D eigenvalue weighted by Crippen LogP contribution is -2.60. The van der Waals surface area contributed by atoms with Gasteiger partial charge >= 0.3 is 11.9 Å². The van der Waals surface area contributed by atoms with E-state index in [1.807, 2.05) is 6.26 Å². The molecule has 0 aliphatic carbocycles. The SMILES string of the molecule is CCC(C)C(NC(=O)C(CCC(=O)O)NC(=O)C(NC(=O)C(N)CCSC)C(C)O)C(=O)O. The Labute approximate surface area is 197 Å². The normalized spacial score (nSPS) is 16.4. The Kier molecular flexibility index (Phi) is 14.3. The molecule has 6 atom stereocenters. The molecule has 8 N–H and O–H groups in total. The smallest absolute Gasteiger partial charge is 0.326 e. The van der Waals surface area contributed by atoms with Crippen LogP contribution in [0.4, 0.5) is 0 Å². The maximum absolute atomic E-state index is 12.8. The van der Waals surface area contributed by atoms with Gasteiger partial charge in [-0.15, -0.1) is 0 Å². The summed E-state index contributed by atoms with van der Waals surface area (Å²) in [5.41, 5.74) is 5.78. The molecule has 0 saturated heterocycles. The van der Waals surface area contributed by atoms with Crippen LogP contribution < -0.4 is 21.7 Å². The Morgan fingerprint density at radius 3 is 1.94 bits per heavy atom. The molecule has 0 aromatic rings. The molecule has 33 heavy (non-hydrogen) atoms. The summed E-state index contributed by atoms with van der Waals surface area (Å²) < 4.78 is 0. The molecule has 0 spiro atoms. The quantitative estimate of drug-likeness (QED) is 0.138. The molecule has 0 aliphatic rings. The lowest BCUT2D eigenvalue weighted by Gasteiger charge is -2.27. The van der Waals surface area contributed by atoms with E-state index in [1.54, 1.807) is 13.8 Å². The van der Waals surface area contributed by atoms with Crippen molar-refractivity contribution in [2.75, 3.05) is 12.0 Å². The van der Waals surface area contributed by atoms with Crippen LogP contribution in [0.2, 0.25) is 0 Å². The summed E-state index contributed by atoms with van der Waals surface area (Å²) >= 11 is 1.49. The van der Waals surface area contributed by atoms with Gasteiger partial charge < -0.3 is 37.0 Å². The highest BCUT2D eigenvalue weighted by Gasteiger charge is 2.33. The molecule has 190 valence electrons. The first-order valence-electron chi connectivity index (χ1n) is 10.6. The van der Waals surface area contributed by atoms with Crippen molar-refractivity contribution < 1.29 is 39.3 Å². The fraction of sp³-hybridized carbons (Fsp3) is 0.750. The van der Waals surface area contributed by atoms with E-state index in [1.165, 1.54) is 18.7 Å². The fourth-order valence-electron chi connectivity index (χ4n) is 2.78. The monoisotopic (exact) mass is 492 g/mol. The maximum Gasteiger partial charge on any atom is 0.326 e. The first kappa shape index (κ1) is 30.6. The second-order valence-corrected chi connectivity index (χ2v) is 8.80. The standard InChI is InChI=1S/C20H36N4O8S/c1-5-10(2)15(20(31)32)23-18(29)13(6-7-14(26)27)22-19(30)16(11(3)25)24-17(28)12(21)8-9-33-4/h10-13,15-16,25H,5-9,21H2,1-4H3,(H,22,30)(H,23,29)(H,24,28)(H,26,27)(H,31,32). The summed E-state index contributed by atoms with van der Waals surface area (Å²) in [4.78, 5) is 60.2. The van der Waals surface area contributed by atoms with E-state index in [9.17, 15) is 34.2 Å². The third-order valence-electron chi connectivity index (χ3n) is 5.09. The minimum Gasteiger partial charge on any atom is -0.481 e. The van der Waals surface area contributed by atoms with Gasteiger partial charge in [-0.3, -0.25) is 19.2 Å². The number of nitrogens with one attached hydrogen (secondary N) is 3. The third-order valence-corrected chi connectivity index (χ3v) is 5.73. The van der Waals surface area contributed by atoms with Crippen LogP contribution >= 0.6 is 11.8 Å². The van der Waals surface area contributed by atoms with Crippen molar-refractivity contribution in [3.63, 3.8) is 0 Å². The number of amides is 3. The molecule has 0 saturated carbocycles. The van der Waals surface area contributed by atoms with Crippen molar-refractivity contribution >= 4 is 41.4 Å². The number of thioether (sulfide) groups is 1. The predicted molar refractivity (Wildman–Crippen MR) is 122 cm³/mol. The minimum atomic E-state index is -1.46. The average molecular weight is 493 g/mol. The number of carbonyl (C=O) groups excluding carboxylic acids is 3. The van der Waals surface area contributed by atoms with E-state index in [0.717, 1.165) is 0 Å². The lowest BCUT2D eigenvalue weighted by molar-refractivity contribution is -0.144. The van der Waals surface area contributed by atoms with E-state index in [4.69, 9.17) is 10.8 Å². The van der Waals surface area contributed by atoms with Gasteiger partial charge in [0.1, 0.15) is 18.1 Å². The Bertz CT molecular complexity index is 691. The van der Waals surface area contributed by atoms with Gasteiger partial charge in [-0.05, 0) is 37.7 Å². The zero-order chi connectivity index (χ0) is 25.7. The maximum atomic E-state index is 12.8. The number of nitrogens with two attached hydrogens (primary N) is 1. The van der Waals surface area contributed by atoms with Crippen LogP contribution in [-0.4, -0.2) is 87.3 Å². The van der Waals surface area contributed by atoms with Crippen LogP contribution in [0, 0.1) is 5.92 Å². The van der Waals surface area contributed by atoms with Gasteiger partial charge in [0.2, 0.25) is 17.7 Å². The van der Waals surface area contributed by atoms with E-state index < -0.39 is 72.3 Å². The van der Waals surface area contributed by atoms with Gasteiger partial charge in [0, 0.05) is 6.42 Å². The van der Waals surface area contributed by atoms with E-state index >= 15 is 0 Å². The summed E-state index contributed by atoms with van der Waals surface area (Å²) in [5.74, 6) is -4.79. The van der Waals surface area contributed by atoms with Gasteiger partial charge in [-0.1, -0.05) is 20.3 Å². The highest BCUT2D eigenvalue weighted by molar-refractivity contribution is 7.98. The Morgan fingerprint density at radius 2 is 1.48 bits per heavy atom. The average Bonchev–Trinajstić information content (AvgIpc) is 2.74. The predicted octanol–water partition coefficient (Wildman–Crippen LogP) is -1.10. The van der Waals surface area contributed by atoms with Crippen LogP contribution in [0.15, 0.2) is 0 Å². The lowest BCUT2D eigenvalue weighted by atomic mass is 9.98. The van der Waals surface area contributed by atoms with E-state index in [2.05, 4.69) is 16.0 Å². The van der Waals surface area contributed by atoms with Crippen LogP contribution in [0.25, 0.3) is 0 Å². The van der Waals surface area contributed by atoms with Crippen LogP contribution in [0.1, 0.15) is 46.5 Å². The van der Waals surface area contributed by atoms with Crippen molar-refractivity contribution in [2.45, 2.75) is 76.7 Å². The number of carboxylic acids is 2. The van der Waals surface area contributed by atoms with Gasteiger partial charge in [0.15, 0.2) is 0 Å². The number of hydrogen-bond acceptors (Lipinski definition) is 8. The summed E-state index contributed by atoms with van der Waals surface area (Å²) in [7, 11) is 0. The number of hydrogen-bond donors (Lipinski definition) is 7. The highest BCUT2D eigenvalue weighted by Crippen LogP contribution is 2.10. The first-order valence-corrected chi connectivity index (χ1v) is 12.0. The summed E-state index contributed by atoms with van der Waals surface area (Å²) in [5, 5.41) is 35.3. The molecule has 0 aromatic heterocycles. The van der Waals surface area contributed by atoms with Crippen molar-refractivity contribution in [2.24, 2.45) is 11.7 Å². The molecule has 0 fully saturated rings. The zero-order valence-corrected chi connectivity index (χ0v) is 20.2. The Balaban J connectivity index is 5.50. The summed E-state index contributed by atoms with van der Waals surface area (Å²) in [6.07, 6.45) is 0.484. The molecule has 0 heterocycles. The molecule has 0 aromatic carbocycles. The van der Waals surface area contributed by atoms with Crippen LogP contribution in [-0.2, 0) is 24.0 Å². The van der Waals surface area contributed by atoms with Crippen molar-refractivity contribution in [3.8, 4) is 0 Å². The first-order chi connectivity index (χ1) is 15.3. The molecular formula is C20H36N4O8S. The Hall–Kier alpha value is -2.38. The van der Waals surface area contributed by atoms with Crippen molar-refractivity contribution in [1.29, 1.82) is 0 Å². The molecule has 0 aliphatic heterocycles. The minimum absolute atomic E-state index is 0.326. The van der Waals surface area contributed by atoms with E-state index in [-0.39, 0.29) is 6.42 Å². The van der Waals surface area contributed by atoms with E-state index in [0.29, 0.717) is 18.6 Å². The number of aliphatic hydroxyl groups excluding tert-OH is 1. The zero-order valence-electron chi connectivity index (χ0n) is 19.4. The molecule has 12 nitrogen and oxygen atoms in total. The van der Waals surface area contributed by atoms with Gasteiger partial charge in [-0.25, -0.2) is 4.79 Å². The van der Waals surface area contributed by atoms with Crippen LogP contribution in [0.5, 0.6) is 0 Å². The molecule has 13 heteroatoms. The van der Waals surface area contributed by atoms with Gasteiger partial charge in [-0.2, -0.15) is 11.8 Å².